The lowest BCUT2D eigenvalue weighted by Gasteiger charge is -2.17. The van der Waals surface area contributed by atoms with Gasteiger partial charge < -0.3 is 15.6 Å². The van der Waals surface area contributed by atoms with Crippen molar-refractivity contribution in [3.05, 3.63) is 74.2 Å². The number of carbonyl (C=O) groups is 1. The zero-order chi connectivity index (χ0) is 27.4. The summed E-state index contributed by atoms with van der Waals surface area (Å²) in [4.78, 5) is 41.3. The number of fused-ring (bicyclic) bond motifs is 2. The zero-order valence-corrected chi connectivity index (χ0v) is 22.0. The van der Waals surface area contributed by atoms with Gasteiger partial charge >= 0.3 is 11.7 Å². The van der Waals surface area contributed by atoms with Crippen LogP contribution in [0.3, 0.4) is 0 Å². The van der Waals surface area contributed by atoms with E-state index in [4.69, 9.17) is 0 Å². The maximum Gasteiger partial charge on any atom is 0.333 e. The number of sulfonamides is 2. The van der Waals surface area contributed by atoms with Crippen molar-refractivity contribution in [1.82, 2.24) is 14.3 Å². The van der Waals surface area contributed by atoms with Crippen molar-refractivity contribution in [3.8, 4) is 5.69 Å². The Morgan fingerprint density at radius 2 is 1.76 bits per heavy atom. The molecule has 16 heteroatoms. The van der Waals surface area contributed by atoms with Crippen molar-refractivity contribution in [2.45, 2.75) is 23.0 Å². The lowest BCUT2D eigenvalue weighted by Crippen LogP contribution is -2.34. The molecule has 0 bridgehead atoms. The minimum Gasteiger partial charge on any atom is -0.342 e. The Labute approximate surface area is 219 Å². The van der Waals surface area contributed by atoms with Gasteiger partial charge in [-0.25, -0.2) is 27.3 Å². The summed E-state index contributed by atoms with van der Waals surface area (Å²) in [5.74, 6) is 0.147. The molecule has 38 heavy (non-hydrogen) atoms. The number of benzene rings is 2. The third-order valence-corrected chi connectivity index (χ3v) is 9.67. The van der Waals surface area contributed by atoms with E-state index in [1.807, 2.05) is 4.72 Å². The lowest BCUT2D eigenvalue weighted by atomic mass is 10.2. The number of carbonyl (C=O) groups excluding carboxylic acids is 1. The summed E-state index contributed by atoms with van der Waals surface area (Å²) in [6, 6.07) is 9.96. The van der Waals surface area contributed by atoms with Gasteiger partial charge in [-0.3, -0.25) is 4.79 Å². The van der Waals surface area contributed by atoms with E-state index in [9.17, 15) is 31.2 Å². The second-order valence-electron chi connectivity index (χ2n) is 8.21. The highest BCUT2D eigenvalue weighted by Crippen LogP contribution is 2.30. The first kappa shape index (κ1) is 25.4. The first-order valence-corrected chi connectivity index (χ1v) is 14.5. The van der Waals surface area contributed by atoms with Crippen LogP contribution in [0.15, 0.2) is 71.6 Å². The molecule has 196 valence electrons. The van der Waals surface area contributed by atoms with Gasteiger partial charge in [-0.15, -0.1) is 15.7 Å². The molecule has 2 aromatic heterocycles. The Bertz CT molecular complexity index is 2000. The number of hydrogen-bond acceptors (Lipinski definition) is 9. The number of thiophene rings is 1. The summed E-state index contributed by atoms with van der Waals surface area (Å²) in [5, 5.41) is 5.12. The molecule has 0 fully saturated rings. The Morgan fingerprint density at radius 1 is 1.05 bits per heavy atom. The molecule has 0 saturated carbocycles. The van der Waals surface area contributed by atoms with Crippen LogP contribution in [-0.4, -0.2) is 38.3 Å². The highest BCUT2D eigenvalue weighted by Gasteiger charge is 2.25. The normalized spacial score (nSPS) is 14.3. The van der Waals surface area contributed by atoms with Crippen LogP contribution in [0.4, 0.5) is 16.2 Å². The smallest absolute Gasteiger partial charge is 0.333 e. The van der Waals surface area contributed by atoms with E-state index in [1.54, 1.807) is 13.0 Å². The minimum atomic E-state index is -4.05. The second kappa shape index (κ2) is 8.93. The van der Waals surface area contributed by atoms with Gasteiger partial charge in [-0.2, -0.15) is 8.42 Å². The number of nitrogens with zero attached hydrogens (tertiary/aromatic N) is 2. The average molecular weight is 575 g/mol. The Morgan fingerprint density at radius 3 is 2.42 bits per heavy atom. The minimum absolute atomic E-state index is 0.0119. The second-order valence-corrected chi connectivity index (χ2v) is 13.0. The largest absolute Gasteiger partial charge is 0.342 e. The van der Waals surface area contributed by atoms with Crippen LogP contribution < -0.4 is 26.6 Å². The van der Waals surface area contributed by atoms with Crippen LogP contribution >= 0.6 is 11.3 Å². The van der Waals surface area contributed by atoms with Crippen LogP contribution in [0, 0.1) is 6.92 Å². The molecular formula is C22H18N6O7S3. The van der Waals surface area contributed by atoms with Crippen molar-refractivity contribution in [2.24, 2.45) is 4.40 Å². The summed E-state index contributed by atoms with van der Waals surface area (Å²) < 4.78 is 55.9. The summed E-state index contributed by atoms with van der Waals surface area (Å²) in [6.45, 7) is 3.20. The first-order chi connectivity index (χ1) is 17.8. The fourth-order valence-electron chi connectivity index (χ4n) is 3.82. The van der Waals surface area contributed by atoms with Gasteiger partial charge in [-0.1, -0.05) is 0 Å². The summed E-state index contributed by atoms with van der Waals surface area (Å²) >= 11 is 1.01. The highest BCUT2D eigenvalue weighted by atomic mass is 32.2. The number of aromatic nitrogens is 2. The fraction of sp³-hybridized carbons (Fsp3) is 0.0909. The number of anilines is 2. The van der Waals surface area contributed by atoms with Gasteiger partial charge in [-0.05, 0) is 62.4 Å². The fourth-order valence-corrected chi connectivity index (χ4v) is 7.17. The molecule has 0 unspecified atom stereocenters. The molecule has 2 aromatic carbocycles. The van der Waals surface area contributed by atoms with Gasteiger partial charge in [0.1, 0.15) is 14.9 Å². The number of hydrogen-bond donors (Lipinski definition) is 4. The molecule has 2 amide bonds. The molecule has 3 heterocycles. The molecule has 1 aliphatic rings. The molecule has 0 radical (unpaired) electrons. The first-order valence-electron chi connectivity index (χ1n) is 10.8. The molecule has 13 nitrogen and oxygen atoms in total. The Kier molecular flexibility index (Phi) is 5.96. The summed E-state index contributed by atoms with van der Waals surface area (Å²) in [7, 11) is -8.09. The van der Waals surface area contributed by atoms with E-state index in [1.165, 1.54) is 43.3 Å². The van der Waals surface area contributed by atoms with Crippen LogP contribution in [0.5, 0.6) is 0 Å². The standard InChI is InChI=1S/C22H18N6O7S3/c1-11-3-8-19(36-11)38(34,35)27-21(30)24-13-4-6-14(7-5-13)28-20(29)15-9-18-17(10-16(15)25-22(28)31)23-12(2)26-37(18,32)33/h3-10H,1-2H3,(H,23,26)(H,25,31)(H2,24,27,30). The number of amides is 2. The number of aromatic amines is 1. The molecule has 0 spiro atoms. The quantitative estimate of drug-likeness (QED) is 0.285. The number of H-pyrrole nitrogens is 1. The van der Waals surface area contributed by atoms with E-state index in [0.29, 0.717) is 0 Å². The molecule has 4 N–H and O–H groups in total. The number of rotatable bonds is 4. The summed E-state index contributed by atoms with van der Waals surface area (Å²) in [5.41, 5.74) is -0.926. The van der Waals surface area contributed by atoms with E-state index in [-0.39, 0.29) is 42.9 Å². The van der Waals surface area contributed by atoms with E-state index in [2.05, 4.69) is 20.0 Å². The topological polar surface area (TPSA) is 189 Å². The van der Waals surface area contributed by atoms with Gasteiger partial charge in [0.15, 0.2) is 0 Å². The number of amidine groups is 1. The number of urea groups is 1. The van der Waals surface area contributed by atoms with Gasteiger partial charge in [0.25, 0.3) is 25.6 Å². The van der Waals surface area contributed by atoms with Gasteiger partial charge in [0.05, 0.1) is 22.3 Å². The van der Waals surface area contributed by atoms with E-state index in [0.717, 1.165) is 26.8 Å². The average Bonchev–Trinajstić information content (AvgIpc) is 3.26. The monoisotopic (exact) mass is 574 g/mol. The molecule has 5 rings (SSSR count). The van der Waals surface area contributed by atoms with E-state index >= 15 is 0 Å². The predicted octanol–water partition coefficient (Wildman–Crippen LogP) is 2.09. The molecule has 4 aromatic rings. The van der Waals surface area contributed by atoms with Crippen LogP contribution in [0.25, 0.3) is 16.6 Å². The number of nitrogens with one attached hydrogen (secondary N) is 4. The van der Waals surface area contributed by atoms with Crippen LogP contribution in [0.1, 0.15) is 11.8 Å². The van der Waals surface area contributed by atoms with Crippen molar-refractivity contribution in [1.29, 1.82) is 0 Å². The van der Waals surface area contributed by atoms with Crippen molar-refractivity contribution in [3.63, 3.8) is 0 Å². The van der Waals surface area contributed by atoms with Crippen LogP contribution in [0.2, 0.25) is 0 Å². The molecule has 1 aliphatic heterocycles. The van der Waals surface area contributed by atoms with Gasteiger partial charge in [0.2, 0.25) is 0 Å². The van der Waals surface area contributed by atoms with Crippen LogP contribution in [-0.2, 0) is 20.0 Å². The summed E-state index contributed by atoms with van der Waals surface area (Å²) in [6.07, 6.45) is 0. The van der Waals surface area contributed by atoms with E-state index < -0.39 is 37.3 Å². The molecular weight excluding hydrogens is 556 g/mol. The Balaban J connectivity index is 1.44. The lowest BCUT2D eigenvalue weighted by molar-refractivity contribution is 0.256. The maximum absolute atomic E-state index is 13.2. The van der Waals surface area contributed by atoms with Crippen molar-refractivity contribution in [2.75, 3.05) is 10.6 Å². The highest BCUT2D eigenvalue weighted by molar-refractivity contribution is 7.92. The van der Waals surface area contributed by atoms with Crippen molar-refractivity contribution < 1.29 is 21.6 Å². The Hall–Kier alpha value is -4.28. The molecule has 0 atom stereocenters. The SMILES string of the molecule is CC1=NS(=O)(=O)c2cc3c(=O)n(-c4ccc(NC(=O)NS(=O)(=O)c5ccc(C)s5)cc4)c(=O)[nH]c3cc2N1. The van der Waals surface area contributed by atoms with Crippen molar-refractivity contribution >= 4 is 65.5 Å². The predicted molar refractivity (Wildman–Crippen MR) is 142 cm³/mol. The number of aryl methyl sites for hydroxylation is 1. The maximum atomic E-state index is 13.2. The molecule has 0 saturated heterocycles. The zero-order valence-electron chi connectivity index (χ0n) is 19.6. The van der Waals surface area contributed by atoms with Gasteiger partial charge in [0, 0.05) is 10.6 Å². The third kappa shape index (κ3) is 4.59. The molecule has 0 aliphatic carbocycles. The third-order valence-electron chi connectivity index (χ3n) is 5.44.